The Hall–Kier alpha value is -1.85. The normalized spacial score (nSPS) is 17.1. The molecular formula is C18H24ClN5. The predicted molar refractivity (Wildman–Crippen MR) is 100 cm³/mol. The van der Waals surface area contributed by atoms with Crippen molar-refractivity contribution < 1.29 is 0 Å². The average molecular weight is 346 g/mol. The number of piperazine rings is 1. The van der Waals surface area contributed by atoms with Crippen molar-refractivity contribution in [2.75, 3.05) is 42.9 Å². The van der Waals surface area contributed by atoms with Crippen LogP contribution < -0.4 is 10.2 Å². The summed E-state index contributed by atoms with van der Waals surface area (Å²) >= 11 is 0. The quantitative estimate of drug-likeness (QED) is 0.926. The van der Waals surface area contributed by atoms with Gasteiger partial charge < -0.3 is 10.2 Å². The van der Waals surface area contributed by atoms with Crippen LogP contribution in [0.5, 0.6) is 0 Å². The summed E-state index contributed by atoms with van der Waals surface area (Å²) in [5, 5.41) is 3.55. The van der Waals surface area contributed by atoms with Gasteiger partial charge in [-0.3, -0.25) is 9.88 Å². The van der Waals surface area contributed by atoms with Gasteiger partial charge in [-0.1, -0.05) is 18.2 Å². The first-order chi connectivity index (χ1) is 11.3. The average Bonchev–Trinajstić information content (AvgIpc) is 3.06. The molecule has 1 fully saturated rings. The van der Waals surface area contributed by atoms with E-state index in [1.807, 2.05) is 6.92 Å². The minimum atomic E-state index is 0. The van der Waals surface area contributed by atoms with Gasteiger partial charge in [0.15, 0.2) is 0 Å². The minimum Gasteiger partial charge on any atom is -0.384 e. The van der Waals surface area contributed by atoms with Crippen molar-refractivity contribution in [1.82, 2.24) is 14.9 Å². The zero-order chi connectivity index (χ0) is 15.6. The van der Waals surface area contributed by atoms with Gasteiger partial charge in [-0.15, -0.1) is 12.4 Å². The summed E-state index contributed by atoms with van der Waals surface area (Å²) in [6.45, 7) is 8.31. The largest absolute Gasteiger partial charge is 0.384 e. The van der Waals surface area contributed by atoms with E-state index in [0.29, 0.717) is 0 Å². The van der Waals surface area contributed by atoms with Crippen LogP contribution in [0.25, 0.3) is 0 Å². The number of hydrogen-bond acceptors (Lipinski definition) is 5. The third-order valence-corrected chi connectivity index (χ3v) is 4.85. The SMILES string of the molecule is Cc1nccnc1N1CCN(Cc2cccc3c2NCC3)CC1.Cl. The molecule has 128 valence electrons. The molecule has 5 nitrogen and oxygen atoms in total. The molecule has 6 heteroatoms. The van der Waals surface area contributed by atoms with Gasteiger partial charge in [0, 0.05) is 57.3 Å². The summed E-state index contributed by atoms with van der Waals surface area (Å²) in [5.41, 5.74) is 5.30. The Morgan fingerprint density at radius 1 is 1.08 bits per heavy atom. The molecule has 1 saturated heterocycles. The number of aromatic nitrogens is 2. The van der Waals surface area contributed by atoms with Gasteiger partial charge in [-0.25, -0.2) is 4.98 Å². The van der Waals surface area contributed by atoms with Crippen molar-refractivity contribution in [3.05, 3.63) is 47.4 Å². The second-order valence-corrected chi connectivity index (χ2v) is 6.36. The van der Waals surface area contributed by atoms with Crippen LogP contribution in [0.15, 0.2) is 30.6 Å². The summed E-state index contributed by atoms with van der Waals surface area (Å²) < 4.78 is 0. The van der Waals surface area contributed by atoms with Crippen LogP contribution in [0.4, 0.5) is 11.5 Å². The second-order valence-electron chi connectivity index (χ2n) is 6.36. The maximum Gasteiger partial charge on any atom is 0.150 e. The van der Waals surface area contributed by atoms with E-state index in [9.17, 15) is 0 Å². The maximum absolute atomic E-state index is 4.49. The minimum absolute atomic E-state index is 0. The fourth-order valence-electron chi connectivity index (χ4n) is 3.61. The number of anilines is 2. The standard InChI is InChI=1S/C18H23N5.ClH/c1-14-18(21-8-7-19-14)23-11-9-22(10-12-23)13-16-4-2-3-15-5-6-20-17(15)16;/h2-4,7-8,20H,5-6,9-13H2,1H3;1H. The monoisotopic (exact) mass is 345 g/mol. The molecule has 0 amide bonds. The highest BCUT2D eigenvalue weighted by Crippen LogP contribution is 2.27. The molecule has 0 radical (unpaired) electrons. The summed E-state index contributed by atoms with van der Waals surface area (Å²) in [4.78, 5) is 13.7. The highest BCUT2D eigenvalue weighted by atomic mass is 35.5. The lowest BCUT2D eigenvalue weighted by Gasteiger charge is -2.36. The summed E-state index contributed by atoms with van der Waals surface area (Å²) in [6.07, 6.45) is 4.70. The Kier molecular flexibility index (Phi) is 5.21. The Labute approximate surface area is 149 Å². The van der Waals surface area contributed by atoms with Gasteiger partial charge in [0.1, 0.15) is 5.82 Å². The van der Waals surface area contributed by atoms with Crippen molar-refractivity contribution in [3.63, 3.8) is 0 Å². The lowest BCUT2D eigenvalue weighted by atomic mass is 10.1. The zero-order valence-electron chi connectivity index (χ0n) is 14.0. The molecule has 3 heterocycles. The Bertz CT molecular complexity index is 698. The molecule has 0 saturated carbocycles. The molecule has 0 aliphatic carbocycles. The molecule has 0 unspecified atom stereocenters. The molecule has 1 aromatic carbocycles. The second kappa shape index (κ2) is 7.36. The Morgan fingerprint density at radius 3 is 2.67 bits per heavy atom. The molecule has 0 spiro atoms. The van der Waals surface area contributed by atoms with Gasteiger partial charge in [0.05, 0.1) is 5.69 Å². The van der Waals surface area contributed by atoms with Crippen molar-refractivity contribution in [3.8, 4) is 0 Å². The number of rotatable bonds is 3. The fourth-order valence-corrected chi connectivity index (χ4v) is 3.61. The van der Waals surface area contributed by atoms with E-state index in [2.05, 4.69) is 43.3 Å². The summed E-state index contributed by atoms with van der Waals surface area (Å²) in [7, 11) is 0. The molecule has 2 aromatic rings. The van der Waals surface area contributed by atoms with E-state index in [0.717, 1.165) is 57.2 Å². The summed E-state index contributed by atoms with van der Waals surface area (Å²) in [5.74, 6) is 1.04. The van der Waals surface area contributed by atoms with Gasteiger partial charge in [0.25, 0.3) is 0 Å². The number of benzene rings is 1. The predicted octanol–water partition coefficient (Wildman–Crippen LogP) is 2.50. The molecule has 4 rings (SSSR count). The molecule has 1 aromatic heterocycles. The maximum atomic E-state index is 4.49. The molecule has 2 aliphatic rings. The molecule has 2 aliphatic heterocycles. The first-order valence-electron chi connectivity index (χ1n) is 8.41. The number of para-hydroxylation sites is 1. The number of nitrogens with one attached hydrogen (secondary N) is 1. The highest BCUT2D eigenvalue weighted by Gasteiger charge is 2.21. The number of halogens is 1. The van der Waals surface area contributed by atoms with E-state index in [4.69, 9.17) is 0 Å². The first-order valence-corrected chi connectivity index (χ1v) is 8.41. The van der Waals surface area contributed by atoms with Crippen molar-refractivity contribution >= 4 is 23.9 Å². The van der Waals surface area contributed by atoms with Gasteiger partial charge in [0.2, 0.25) is 0 Å². The highest BCUT2D eigenvalue weighted by molar-refractivity contribution is 5.85. The van der Waals surface area contributed by atoms with Crippen molar-refractivity contribution in [2.24, 2.45) is 0 Å². The number of hydrogen-bond donors (Lipinski definition) is 1. The lowest BCUT2D eigenvalue weighted by molar-refractivity contribution is 0.249. The molecule has 0 bridgehead atoms. The van der Waals surface area contributed by atoms with Crippen molar-refractivity contribution in [2.45, 2.75) is 19.9 Å². The molecule has 24 heavy (non-hydrogen) atoms. The van der Waals surface area contributed by atoms with Gasteiger partial charge >= 0.3 is 0 Å². The first kappa shape index (κ1) is 17.0. The van der Waals surface area contributed by atoms with Gasteiger partial charge in [-0.2, -0.15) is 0 Å². The van der Waals surface area contributed by atoms with Crippen LogP contribution >= 0.6 is 12.4 Å². The van der Waals surface area contributed by atoms with Crippen molar-refractivity contribution in [1.29, 1.82) is 0 Å². The van der Waals surface area contributed by atoms with Crippen LogP contribution in [-0.4, -0.2) is 47.6 Å². The zero-order valence-corrected chi connectivity index (χ0v) is 14.9. The van der Waals surface area contributed by atoms with E-state index in [1.165, 1.54) is 16.8 Å². The number of fused-ring (bicyclic) bond motifs is 1. The smallest absolute Gasteiger partial charge is 0.150 e. The Morgan fingerprint density at radius 2 is 1.88 bits per heavy atom. The number of nitrogens with zero attached hydrogens (tertiary/aromatic N) is 4. The van der Waals surface area contributed by atoms with Crippen LogP contribution in [-0.2, 0) is 13.0 Å². The lowest BCUT2D eigenvalue weighted by Crippen LogP contribution is -2.46. The van der Waals surface area contributed by atoms with Crippen LogP contribution in [0.1, 0.15) is 16.8 Å². The van der Waals surface area contributed by atoms with Crippen LogP contribution in [0.3, 0.4) is 0 Å². The molecule has 0 atom stereocenters. The summed E-state index contributed by atoms with van der Waals surface area (Å²) in [6, 6.07) is 6.70. The van der Waals surface area contributed by atoms with Crippen LogP contribution in [0.2, 0.25) is 0 Å². The van der Waals surface area contributed by atoms with E-state index >= 15 is 0 Å². The fraction of sp³-hybridized carbons (Fsp3) is 0.444. The van der Waals surface area contributed by atoms with Gasteiger partial charge in [-0.05, 0) is 24.5 Å². The third kappa shape index (κ3) is 3.32. The molecular weight excluding hydrogens is 322 g/mol. The van der Waals surface area contributed by atoms with Crippen LogP contribution in [0, 0.1) is 6.92 Å². The Balaban J connectivity index is 0.00000169. The van der Waals surface area contributed by atoms with E-state index < -0.39 is 0 Å². The topological polar surface area (TPSA) is 44.3 Å². The number of aryl methyl sites for hydroxylation is 1. The van der Waals surface area contributed by atoms with E-state index in [1.54, 1.807) is 12.4 Å². The van der Waals surface area contributed by atoms with E-state index in [-0.39, 0.29) is 12.4 Å². The third-order valence-electron chi connectivity index (χ3n) is 4.85. The molecule has 1 N–H and O–H groups in total.